The first-order chi connectivity index (χ1) is 18.3. The lowest BCUT2D eigenvalue weighted by atomic mass is 9.68. The fourth-order valence-electron chi connectivity index (χ4n) is 6.51. The summed E-state index contributed by atoms with van der Waals surface area (Å²) in [5, 5.41) is 2.78. The number of hydrogen-bond donors (Lipinski definition) is 1. The Hall–Kier alpha value is -3.20. The van der Waals surface area contributed by atoms with E-state index in [0.29, 0.717) is 30.7 Å². The Kier molecular flexibility index (Phi) is 7.56. The molecular weight excluding hydrogens is 480 g/mol. The third-order valence-corrected chi connectivity index (χ3v) is 9.10. The molecule has 1 saturated heterocycles. The second-order valence-electron chi connectivity index (χ2n) is 11.4. The molecule has 5 rings (SSSR count). The highest BCUT2D eigenvalue weighted by Gasteiger charge is 2.54. The minimum Gasteiger partial charge on any atom is -0.480 e. The van der Waals surface area contributed by atoms with Crippen molar-refractivity contribution in [2.45, 2.75) is 62.4 Å². The molecule has 2 aliphatic carbocycles. The van der Waals surface area contributed by atoms with Crippen LogP contribution < -0.4 is 10.1 Å². The molecule has 1 aliphatic heterocycles. The Bertz CT molecular complexity index is 1130. The van der Waals surface area contributed by atoms with E-state index in [4.69, 9.17) is 4.74 Å². The number of urea groups is 1. The van der Waals surface area contributed by atoms with E-state index in [1.54, 1.807) is 0 Å². The quantitative estimate of drug-likeness (QED) is 0.535. The fraction of sp³-hybridized carbons (Fsp3) is 0.586. The molecule has 204 valence electrons. The lowest BCUT2D eigenvalue weighted by molar-refractivity contribution is -0.116. The van der Waals surface area contributed by atoms with Gasteiger partial charge in [-0.05, 0) is 64.1 Å². The first kappa shape index (κ1) is 26.4. The standard InChI is InChI=1S/C29H40N6O3/c1-33(2)29(23-10-5-4-6-11-23)15-13-28(14-16-29)21-34(27(37)35(28)20-22-8-7-9-22)17-12-25(36)31-24-18-30-19-26(32-24)38-3/h4-6,10-11,18-19,22H,7-9,12-17,20-21H2,1-3H3,(H,31,32,36)/t28-,29+. The molecule has 1 aromatic heterocycles. The summed E-state index contributed by atoms with van der Waals surface area (Å²) in [5.41, 5.74) is 1.15. The number of carbonyl (C=O) groups excluding carboxylic acids is 2. The molecular formula is C29H40N6O3. The van der Waals surface area contributed by atoms with E-state index >= 15 is 0 Å². The molecule has 1 aromatic carbocycles. The van der Waals surface area contributed by atoms with Crippen LogP contribution in [0.2, 0.25) is 0 Å². The van der Waals surface area contributed by atoms with Crippen LogP contribution in [0.3, 0.4) is 0 Å². The van der Waals surface area contributed by atoms with Gasteiger partial charge in [-0.2, -0.15) is 4.98 Å². The Morgan fingerprint density at radius 3 is 2.50 bits per heavy atom. The van der Waals surface area contributed by atoms with Gasteiger partial charge in [0.25, 0.3) is 0 Å². The Labute approximate surface area is 225 Å². The number of aromatic nitrogens is 2. The van der Waals surface area contributed by atoms with Crippen LogP contribution in [0.4, 0.5) is 10.6 Å². The van der Waals surface area contributed by atoms with Crippen molar-refractivity contribution in [1.29, 1.82) is 0 Å². The lowest BCUT2D eigenvalue weighted by Gasteiger charge is -2.51. The van der Waals surface area contributed by atoms with Gasteiger partial charge >= 0.3 is 6.03 Å². The molecule has 0 radical (unpaired) electrons. The van der Waals surface area contributed by atoms with Crippen LogP contribution in [0.1, 0.15) is 56.9 Å². The summed E-state index contributed by atoms with van der Waals surface area (Å²) < 4.78 is 5.08. The highest BCUT2D eigenvalue weighted by atomic mass is 16.5. The number of nitrogens with zero attached hydrogens (tertiary/aromatic N) is 5. The number of nitrogens with one attached hydrogen (secondary N) is 1. The van der Waals surface area contributed by atoms with Crippen molar-refractivity contribution < 1.29 is 14.3 Å². The molecule has 3 amide bonds. The average Bonchev–Trinajstić information content (AvgIpc) is 3.16. The predicted molar refractivity (Wildman–Crippen MR) is 146 cm³/mol. The number of benzene rings is 1. The molecule has 1 N–H and O–H groups in total. The molecule has 38 heavy (non-hydrogen) atoms. The van der Waals surface area contributed by atoms with E-state index in [2.05, 4.69) is 69.5 Å². The van der Waals surface area contributed by atoms with Crippen molar-refractivity contribution in [2.75, 3.05) is 46.2 Å². The first-order valence-electron chi connectivity index (χ1n) is 13.8. The van der Waals surface area contributed by atoms with E-state index in [1.165, 1.54) is 44.3 Å². The summed E-state index contributed by atoms with van der Waals surface area (Å²) in [4.78, 5) is 41.1. The largest absolute Gasteiger partial charge is 0.480 e. The third-order valence-electron chi connectivity index (χ3n) is 9.10. The molecule has 2 aromatic rings. The van der Waals surface area contributed by atoms with Crippen LogP contribution in [0.5, 0.6) is 5.88 Å². The zero-order valence-electron chi connectivity index (χ0n) is 22.9. The van der Waals surface area contributed by atoms with Crippen LogP contribution in [0.15, 0.2) is 42.7 Å². The number of rotatable bonds is 9. The number of anilines is 1. The zero-order chi connectivity index (χ0) is 26.8. The maximum Gasteiger partial charge on any atom is 0.320 e. The number of hydrogen-bond acceptors (Lipinski definition) is 6. The average molecular weight is 521 g/mol. The fourth-order valence-corrected chi connectivity index (χ4v) is 6.51. The Morgan fingerprint density at radius 2 is 1.87 bits per heavy atom. The van der Waals surface area contributed by atoms with Gasteiger partial charge in [0.2, 0.25) is 11.8 Å². The number of amides is 3. The second-order valence-corrected chi connectivity index (χ2v) is 11.4. The maximum atomic E-state index is 13.7. The molecule has 0 bridgehead atoms. The summed E-state index contributed by atoms with van der Waals surface area (Å²) >= 11 is 0. The van der Waals surface area contributed by atoms with Gasteiger partial charge in [0.1, 0.15) is 0 Å². The van der Waals surface area contributed by atoms with Crippen molar-refractivity contribution in [1.82, 2.24) is 24.7 Å². The zero-order valence-corrected chi connectivity index (χ0v) is 22.9. The van der Waals surface area contributed by atoms with Crippen LogP contribution in [-0.4, -0.2) is 83.0 Å². The monoisotopic (exact) mass is 520 g/mol. The molecule has 9 heteroatoms. The van der Waals surface area contributed by atoms with Crippen molar-refractivity contribution in [3.8, 4) is 5.88 Å². The molecule has 0 unspecified atom stereocenters. The van der Waals surface area contributed by atoms with Gasteiger partial charge in [-0.15, -0.1) is 0 Å². The van der Waals surface area contributed by atoms with Gasteiger partial charge < -0.3 is 19.9 Å². The summed E-state index contributed by atoms with van der Waals surface area (Å²) in [7, 11) is 5.86. The molecule has 3 fully saturated rings. The molecule has 9 nitrogen and oxygen atoms in total. The first-order valence-corrected chi connectivity index (χ1v) is 13.8. The number of carbonyl (C=O) groups is 2. The summed E-state index contributed by atoms with van der Waals surface area (Å²) in [6, 6.07) is 10.9. The van der Waals surface area contributed by atoms with Gasteiger partial charge in [-0.25, -0.2) is 4.79 Å². The van der Waals surface area contributed by atoms with Crippen LogP contribution >= 0.6 is 0 Å². The van der Waals surface area contributed by atoms with Crippen LogP contribution in [0, 0.1) is 5.92 Å². The van der Waals surface area contributed by atoms with Gasteiger partial charge in [0.15, 0.2) is 5.82 Å². The summed E-state index contributed by atoms with van der Waals surface area (Å²) in [5.74, 6) is 1.10. The van der Waals surface area contributed by atoms with E-state index in [9.17, 15) is 9.59 Å². The predicted octanol–water partition coefficient (Wildman–Crippen LogP) is 4.12. The van der Waals surface area contributed by atoms with E-state index in [0.717, 1.165) is 32.2 Å². The topological polar surface area (TPSA) is 90.9 Å². The Morgan fingerprint density at radius 1 is 1.13 bits per heavy atom. The molecule has 2 saturated carbocycles. The van der Waals surface area contributed by atoms with Crippen molar-refractivity contribution in [3.63, 3.8) is 0 Å². The summed E-state index contributed by atoms with van der Waals surface area (Å²) in [6.07, 6.45) is 10.8. The Balaban J connectivity index is 1.28. The minimum absolute atomic E-state index is 0.0250. The molecule has 3 aliphatic rings. The molecule has 2 heterocycles. The van der Waals surface area contributed by atoms with Crippen LogP contribution in [-0.2, 0) is 10.3 Å². The van der Waals surface area contributed by atoms with Gasteiger partial charge in [-0.3, -0.25) is 14.7 Å². The van der Waals surface area contributed by atoms with Crippen molar-refractivity contribution in [3.05, 3.63) is 48.3 Å². The summed E-state index contributed by atoms with van der Waals surface area (Å²) in [6.45, 7) is 1.91. The van der Waals surface area contributed by atoms with Gasteiger partial charge in [0, 0.05) is 31.6 Å². The van der Waals surface area contributed by atoms with Gasteiger partial charge in [-0.1, -0.05) is 36.8 Å². The minimum atomic E-state index is -0.189. The van der Waals surface area contributed by atoms with E-state index < -0.39 is 0 Å². The van der Waals surface area contributed by atoms with Crippen molar-refractivity contribution in [2.24, 2.45) is 5.92 Å². The lowest BCUT2D eigenvalue weighted by Crippen LogP contribution is -2.56. The molecule has 0 atom stereocenters. The van der Waals surface area contributed by atoms with Gasteiger partial charge in [0.05, 0.1) is 25.0 Å². The number of ether oxygens (including phenoxy) is 1. The third kappa shape index (κ3) is 5.08. The SMILES string of the molecule is COc1cncc(NC(=O)CCN2C[C@]3(CC[C@](c4ccccc4)(N(C)C)CC3)N(CC3CCC3)C2=O)n1. The number of methoxy groups -OCH3 is 1. The van der Waals surface area contributed by atoms with E-state index in [1.807, 2.05) is 4.90 Å². The maximum absolute atomic E-state index is 13.7. The smallest absolute Gasteiger partial charge is 0.320 e. The highest BCUT2D eigenvalue weighted by molar-refractivity contribution is 5.90. The van der Waals surface area contributed by atoms with Crippen molar-refractivity contribution >= 4 is 17.8 Å². The normalized spacial score (nSPS) is 25.6. The highest BCUT2D eigenvalue weighted by Crippen LogP contribution is 2.49. The van der Waals surface area contributed by atoms with E-state index in [-0.39, 0.29) is 29.4 Å². The van der Waals surface area contributed by atoms with Crippen LogP contribution in [0.25, 0.3) is 0 Å². The second kappa shape index (κ2) is 10.9. The molecule has 1 spiro atoms.